The van der Waals surface area contributed by atoms with Crippen LogP contribution in [-0.2, 0) is 17.8 Å². The molecule has 0 radical (unpaired) electrons. The van der Waals surface area contributed by atoms with Gasteiger partial charge in [-0.3, -0.25) is 14.6 Å². The molecule has 100 valence electrons. The molecule has 1 aromatic carbocycles. The Morgan fingerprint density at radius 1 is 1.35 bits per heavy atom. The van der Waals surface area contributed by atoms with Crippen molar-refractivity contribution in [1.29, 1.82) is 0 Å². The monoisotopic (exact) mass is 267 g/mol. The number of pyridine rings is 1. The number of rotatable bonds is 3. The predicted octanol–water partition coefficient (Wildman–Crippen LogP) is 1.51. The minimum Gasteiger partial charge on any atom is -0.348 e. The van der Waals surface area contributed by atoms with Gasteiger partial charge in [-0.05, 0) is 35.4 Å². The molecule has 0 spiro atoms. The molecular weight excluding hydrogens is 254 g/mol. The normalized spacial score (nSPS) is 12.7. The van der Waals surface area contributed by atoms with Crippen LogP contribution in [0.1, 0.15) is 21.5 Å². The molecule has 1 aromatic heterocycles. The molecule has 0 fully saturated rings. The number of hydrogen-bond acceptors (Lipinski definition) is 3. The molecule has 5 nitrogen and oxygen atoms in total. The quantitative estimate of drug-likeness (QED) is 0.885. The third-order valence-electron chi connectivity index (χ3n) is 3.17. The lowest BCUT2D eigenvalue weighted by Gasteiger charge is -2.06. The maximum Gasteiger partial charge on any atom is 0.251 e. The van der Waals surface area contributed by atoms with Crippen LogP contribution >= 0.6 is 0 Å². The first-order chi connectivity index (χ1) is 9.72. The summed E-state index contributed by atoms with van der Waals surface area (Å²) in [7, 11) is 0. The van der Waals surface area contributed by atoms with Crippen LogP contribution in [0.3, 0.4) is 0 Å². The summed E-state index contributed by atoms with van der Waals surface area (Å²) < 4.78 is 0. The van der Waals surface area contributed by atoms with Crippen LogP contribution in [0.5, 0.6) is 0 Å². The Labute approximate surface area is 116 Å². The summed E-state index contributed by atoms with van der Waals surface area (Å²) in [5.41, 5.74) is 3.16. The summed E-state index contributed by atoms with van der Waals surface area (Å²) in [6.07, 6.45) is 3.74. The molecule has 0 saturated carbocycles. The molecule has 0 bridgehead atoms. The van der Waals surface area contributed by atoms with Gasteiger partial charge in [0.05, 0.1) is 6.42 Å². The SMILES string of the molecule is O=C1Cc2cc(C(=O)NCc3cccnc3)ccc2N1. The highest BCUT2D eigenvalue weighted by Gasteiger charge is 2.18. The number of benzene rings is 1. The molecule has 2 heterocycles. The number of aromatic nitrogens is 1. The zero-order chi connectivity index (χ0) is 13.9. The largest absolute Gasteiger partial charge is 0.348 e. The van der Waals surface area contributed by atoms with Crippen molar-refractivity contribution in [3.05, 3.63) is 59.4 Å². The fourth-order valence-electron chi connectivity index (χ4n) is 2.16. The molecule has 2 amide bonds. The standard InChI is InChI=1S/C15H13N3O2/c19-14-7-12-6-11(3-4-13(12)18-14)15(20)17-9-10-2-1-5-16-8-10/h1-6,8H,7,9H2,(H,17,20)(H,18,19). The van der Waals surface area contributed by atoms with Crippen molar-refractivity contribution in [1.82, 2.24) is 10.3 Å². The van der Waals surface area contributed by atoms with Crippen molar-refractivity contribution in [3.8, 4) is 0 Å². The zero-order valence-corrected chi connectivity index (χ0v) is 10.7. The van der Waals surface area contributed by atoms with E-state index in [0.717, 1.165) is 16.8 Å². The van der Waals surface area contributed by atoms with Crippen molar-refractivity contribution in [2.75, 3.05) is 5.32 Å². The highest BCUT2D eigenvalue weighted by atomic mass is 16.2. The third kappa shape index (κ3) is 2.51. The van der Waals surface area contributed by atoms with Crippen molar-refractivity contribution < 1.29 is 9.59 Å². The Kier molecular flexibility index (Phi) is 3.16. The molecule has 1 aliphatic heterocycles. The molecule has 2 N–H and O–H groups in total. The van der Waals surface area contributed by atoms with Crippen LogP contribution in [-0.4, -0.2) is 16.8 Å². The molecular formula is C15H13N3O2. The third-order valence-corrected chi connectivity index (χ3v) is 3.17. The molecule has 20 heavy (non-hydrogen) atoms. The van der Waals surface area contributed by atoms with Crippen LogP contribution in [0.4, 0.5) is 5.69 Å². The van der Waals surface area contributed by atoms with Gasteiger partial charge in [-0.2, -0.15) is 0 Å². The maximum absolute atomic E-state index is 12.1. The summed E-state index contributed by atoms with van der Waals surface area (Å²) in [6, 6.07) is 8.96. The molecule has 2 aromatic rings. The van der Waals surface area contributed by atoms with Crippen LogP contribution in [0.2, 0.25) is 0 Å². The van der Waals surface area contributed by atoms with E-state index in [0.29, 0.717) is 18.5 Å². The first-order valence-electron chi connectivity index (χ1n) is 6.32. The first-order valence-corrected chi connectivity index (χ1v) is 6.32. The van der Waals surface area contributed by atoms with Crippen LogP contribution in [0.25, 0.3) is 0 Å². The highest BCUT2D eigenvalue weighted by Crippen LogP contribution is 2.23. The summed E-state index contributed by atoms with van der Waals surface area (Å²) in [5, 5.41) is 5.58. The average Bonchev–Trinajstić information content (AvgIpc) is 2.85. The Morgan fingerprint density at radius 3 is 3.05 bits per heavy atom. The van der Waals surface area contributed by atoms with Gasteiger partial charge >= 0.3 is 0 Å². The lowest BCUT2D eigenvalue weighted by molar-refractivity contribution is -0.115. The highest BCUT2D eigenvalue weighted by molar-refractivity contribution is 6.01. The zero-order valence-electron chi connectivity index (χ0n) is 10.7. The molecule has 0 aliphatic carbocycles. The van der Waals surface area contributed by atoms with Gasteiger partial charge in [-0.15, -0.1) is 0 Å². The van der Waals surface area contributed by atoms with E-state index in [1.807, 2.05) is 12.1 Å². The number of anilines is 1. The van der Waals surface area contributed by atoms with E-state index >= 15 is 0 Å². The van der Waals surface area contributed by atoms with E-state index in [2.05, 4.69) is 15.6 Å². The lowest BCUT2D eigenvalue weighted by atomic mass is 10.1. The minimum atomic E-state index is -0.156. The number of hydrogen-bond donors (Lipinski definition) is 2. The predicted molar refractivity (Wildman–Crippen MR) is 74.2 cm³/mol. The number of carbonyl (C=O) groups is 2. The molecule has 0 atom stereocenters. The Morgan fingerprint density at radius 2 is 2.25 bits per heavy atom. The van der Waals surface area contributed by atoms with E-state index in [-0.39, 0.29) is 11.8 Å². The van der Waals surface area contributed by atoms with Gasteiger partial charge in [0.25, 0.3) is 5.91 Å². The number of fused-ring (bicyclic) bond motifs is 1. The second-order valence-corrected chi connectivity index (χ2v) is 4.64. The molecule has 0 unspecified atom stereocenters. The average molecular weight is 267 g/mol. The van der Waals surface area contributed by atoms with Gasteiger partial charge in [0.1, 0.15) is 0 Å². The molecule has 3 rings (SSSR count). The number of carbonyl (C=O) groups excluding carboxylic acids is 2. The second kappa shape index (κ2) is 5.13. The van der Waals surface area contributed by atoms with Crippen molar-refractivity contribution in [2.24, 2.45) is 0 Å². The topological polar surface area (TPSA) is 71.1 Å². The van der Waals surface area contributed by atoms with Gasteiger partial charge in [-0.1, -0.05) is 6.07 Å². The van der Waals surface area contributed by atoms with Crippen LogP contribution in [0, 0.1) is 0 Å². The van der Waals surface area contributed by atoms with E-state index in [4.69, 9.17) is 0 Å². The number of nitrogens with zero attached hydrogens (tertiary/aromatic N) is 1. The molecule has 5 heteroatoms. The van der Waals surface area contributed by atoms with Crippen molar-refractivity contribution in [2.45, 2.75) is 13.0 Å². The first kappa shape index (κ1) is 12.3. The fourth-order valence-corrected chi connectivity index (χ4v) is 2.16. The fraction of sp³-hybridized carbons (Fsp3) is 0.133. The van der Waals surface area contributed by atoms with Gasteiger partial charge in [0, 0.05) is 30.2 Å². The second-order valence-electron chi connectivity index (χ2n) is 4.64. The Bertz CT molecular complexity index is 668. The van der Waals surface area contributed by atoms with E-state index < -0.39 is 0 Å². The van der Waals surface area contributed by atoms with Gasteiger partial charge in [-0.25, -0.2) is 0 Å². The van der Waals surface area contributed by atoms with E-state index in [1.165, 1.54) is 0 Å². The Hall–Kier alpha value is -2.69. The maximum atomic E-state index is 12.1. The number of nitrogens with one attached hydrogen (secondary N) is 2. The van der Waals surface area contributed by atoms with Gasteiger partial charge < -0.3 is 10.6 Å². The van der Waals surface area contributed by atoms with Gasteiger partial charge in [0.2, 0.25) is 5.91 Å². The Balaban J connectivity index is 1.69. The lowest BCUT2D eigenvalue weighted by Crippen LogP contribution is -2.22. The number of amides is 2. The summed E-state index contributed by atoms with van der Waals surface area (Å²) in [5.74, 6) is -0.191. The van der Waals surface area contributed by atoms with Crippen LogP contribution in [0.15, 0.2) is 42.7 Å². The molecule has 1 aliphatic rings. The van der Waals surface area contributed by atoms with Crippen molar-refractivity contribution in [3.63, 3.8) is 0 Å². The molecule has 0 saturated heterocycles. The van der Waals surface area contributed by atoms with Gasteiger partial charge in [0.15, 0.2) is 0 Å². The van der Waals surface area contributed by atoms with Crippen LogP contribution < -0.4 is 10.6 Å². The smallest absolute Gasteiger partial charge is 0.251 e. The summed E-state index contributed by atoms with van der Waals surface area (Å²) in [4.78, 5) is 27.3. The van der Waals surface area contributed by atoms with E-state index in [9.17, 15) is 9.59 Å². The van der Waals surface area contributed by atoms with E-state index in [1.54, 1.807) is 30.6 Å². The minimum absolute atomic E-state index is 0.0343. The summed E-state index contributed by atoms with van der Waals surface area (Å²) in [6.45, 7) is 0.431. The van der Waals surface area contributed by atoms with Crippen molar-refractivity contribution >= 4 is 17.5 Å². The summed E-state index contributed by atoms with van der Waals surface area (Å²) >= 11 is 0.